The monoisotopic (exact) mass is 448 g/mol. The zero-order chi connectivity index (χ0) is 22.7. The molecule has 2 aliphatic rings. The Morgan fingerprint density at radius 1 is 1.25 bits per heavy atom. The van der Waals surface area contributed by atoms with E-state index in [9.17, 15) is 9.59 Å². The molecule has 0 spiro atoms. The van der Waals surface area contributed by atoms with Gasteiger partial charge < -0.3 is 34.3 Å². The van der Waals surface area contributed by atoms with Crippen LogP contribution in [0.2, 0.25) is 0 Å². The zero-order valence-electron chi connectivity index (χ0n) is 17.6. The van der Waals surface area contributed by atoms with Crippen molar-refractivity contribution in [1.29, 1.82) is 0 Å². The maximum Gasteiger partial charge on any atom is 0.341 e. The number of tetrazole rings is 1. The highest BCUT2D eigenvalue weighted by Crippen LogP contribution is 2.36. The molecule has 4 atom stereocenters. The second kappa shape index (κ2) is 9.46. The molecule has 1 aromatic heterocycles. The molecule has 3 heterocycles. The molecule has 0 aliphatic carbocycles. The van der Waals surface area contributed by atoms with E-state index in [0.29, 0.717) is 5.75 Å². The number of hydrogen-bond acceptors (Lipinski definition) is 10. The van der Waals surface area contributed by atoms with Crippen LogP contribution in [0, 0.1) is 0 Å². The molecular formula is C19H24N6O7. The average Bonchev–Trinajstić information content (AvgIpc) is 3.46. The molecule has 2 N–H and O–H groups in total. The van der Waals surface area contributed by atoms with Gasteiger partial charge in [0.05, 0.1) is 19.3 Å². The van der Waals surface area contributed by atoms with Crippen molar-refractivity contribution in [3.05, 3.63) is 24.3 Å². The lowest BCUT2D eigenvalue weighted by Gasteiger charge is -2.18. The van der Waals surface area contributed by atoms with Crippen LogP contribution in [0.3, 0.4) is 0 Å². The highest BCUT2D eigenvalue weighted by Gasteiger charge is 2.50. The number of ether oxygens (including phenoxy) is 4. The summed E-state index contributed by atoms with van der Waals surface area (Å²) in [5, 5.41) is 23.1. The summed E-state index contributed by atoms with van der Waals surface area (Å²) < 4.78 is 24.0. The number of anilines is 1. The minimum atomic E-state index is -1.14. The zero-order valence-corrected chi connectivity index (χ0v) is 17.6. The number of aliphatic carboxylic acids is 1. The average molecular weight is 448 g/mol. The topological polar surface area (TPSA) is 150 Å². The number of hydrogen-bond donors (Lipinski definition) is 2. The van der Waals surface area contributed by atoms with Gasteiger partial charge in [0.1, 0.15) is 37.2 Å². The van der Waals surface area contributed by atoms with Gasteiger partial charge in [-0.05, 0) is 22.6 Å². The van der Waals surface area contributed by atoms with Crippen LogP contribution in [0.4, 0.5) is 5.69 Å². The van der Waals surface area contributed by atoms with Crippen molar-refractivity contribution < 1.29 is 33.6 Å². The van der Waals surface area contributed by atoms with Gasteiger partial charge in [-0.3, -0.25) is 4.79 Å². The first kappa shape index (κ1) is 21.9. The summed E-state index contributed by atoms with van der Waals surface area (Å²) in [6.07, 6.45) is -0.795. The number of fused-ring (bicyclic) bond motifs is 1. The number of carboxylic acid groups (broad SMARTS) is 1. The van der Waals surface area contributed by atoms with Crippen molar-refractivity contribution in [2.24, 2.45) is 0 Å². The Morgan fingerprint density at radius 3 is 2.84 bits per heavy atom. The van der Waals surface area contributed by atoms with Gasteiger partial charge in [0, 0.05) is 25.8 Å². The van der Waals surface area contributed by atoms with Crippen molar-refractivity contribution in [1.82, 2.24) is 25.5 Å². The lowest BCUT2D eigenvalue weighted by Crippen LogP contribution is -2.45. The first-order valence-electron chi connectivity index (χ1n) is 9.97. The molecule has 13 heteroatoms. The van der Waals surface area contributed by atoms with E-state index in [1.807, 2.05) is 43.3 Å². The highest BCUT2D eigenvalue weighted by atomic mass is 16.6. The molecule has 2 fully saturated rings. The number of nitrogens with zero attached hydrogens (tertiary/aromatic N) is 5. The van der Waals surface area contributed by atoms with Crippen LogP contribution in [-0.4, -0.2) is 96.0 Å². The number of amides is 1. The van der Waals surface area contributed by atoms with Gasteiger partial charge in [-0.2, -0.15) is 4.68 Å². The van der Waals surface area contributed by atoms with Crippen LogP contribution in [0.15, 0.2) is 24.3 Å². The predicted molar refractivity (Wildman–Crippen MR) is 108 cm³/mol. The molecule has 1 aromatic carbocycles. The van der Waals surface area contributed by atoms with E-state index >= 15 is 0 Å². The van der Waals surface area contributed by atoms with Crippen LogP contribution in [0.5, 0.6) is 11.8 Å². The van der Waals surface area contributed by atoms with Crippen molar-refractivity contribution in [2.75, 3.05) is 45.4 Å². The van der Waals surface area contributed by atoms with E-state index in [4.69, 9.17) is 24.1 Å². The molecule has 2 aliphatic heterocycles. The number of nitrogens with one attached hydrogen (secondary N) is 1. The molecular weight excluding hydrogens is 424 g/mol. The SMILES string of the molecule is CN(C)c1cccc(Oc2nnnn2[C@H]2CO[C@H]3[C@@H]2OC[C@@H]3NC(=O)COCC(=O)O)c1. The van der Waals surface area contributed by atoms with Gasteiger partial charge in [-0.25, -0.2) is 4.79 Å². The van der Waals surface area contributed by atoms with E-state index in [1.165, 1.54) is 4.68 Å². The first-order valence-corrected chi connectivity index (χ1v) is 9.97. The fourth-order valence-corrected chi connectivity index (χ4v) is 3.68. The lowest BCUT2D eigenvalue weighted by atomic mass is 10.1. The van der Waals surface area contributed by atoms with E-state index in [1.54, 1.807) is 0 Å². The maximum atomic E-state index is 12.0. The van der Waals surface area contributed by atoms with Crippen LogP contribution >= 0.6 is 0 Å². The highest BCUT2D eigenvalue weighted by molar-refractivity contribution is 5.78. The Kier molecular flexibility index (Phi) is 6.48. The standard InChI is InChI=1S/C19H24N6O7/c1-24(2)11-4-3-5-12(6-11)32-19-21-22-23-25(19)14-8-31-17-13(7-30-18(14)17)20-15(26)9-29-10-16(27)28/h3-6,13-14,17-18H,7-10H2,1-2H3,(H,20,26)(H,27,28)/t13-,14-,17+,18+/m0/s1. The summed E-state index contributed by atoms with van der Waals surface area (Å²) in [5.74, 6) is -1.00. The third-order valence-corrected chi connectivity index (χ3v) is 5.15. The van der Waals surface area contributed by atoms with E-state index in [-0.39, 0.29) is 38.0 Å². The summed E-state index contributed by atoms with van der Waals surface area (Å²) in [5.41, 5.74) is 0.968. The summed E-state index contributed by atoms with van der Waals surface area (Å²) >= 11 is 0. The molecule has 0 bridgehead atoms. The van der Waals surface area contributed by atoms with E-state index < -0.39 is 30.6 Å². The molecule has 2 saturated heterocycles. The fourth-order valence-electron chi connectivity index (χ4n) is 3.68. The Morgan fingerprint density at radius 2 is 2.06 bits per heavy atom. The Bertz CT molecular complexity index is 967. The smallest absolute Gasteiger partial charge is 0.341 e. The summed E-state index contributed by atoms with van der Waals surface area (Å²) in [7, 11) is 3.87. The van der Waals surface area contributed by atoms with Crippen molar-refractivity contribution in [2.45, 2.75) is 24.3 Å². The quantitative estimate of drug-likeness (QED) is 0.509. The molecule has 172 valence electrons. The molecule has 13 nitrogen and oxygen atoms in total. The number of aromatic nitrogens is 4. The van der Waals surface area contributed by atoms with Gasteiger partial charge >= 0.3 is 12.0 Å². The van der Waals surface area contributed by atoms with E-state index in [2.05, 4.69) is 20.8 Å². The number of rotatable bonds is 9. The van der Waals surface area contributed by atoms with Crippen LogP contribution in [0.1, 0.15) is 6.04 Å². The van der Waals surface area contributed by atoms with Gasteiger partial charge in [0.2, 0.25) is 5.91 Å². The van der Waals surface area contributed by atoms with Gasteiger partial charge in [-0.15, -0.1) is 0 Å². The van der Waals surface area contributed by atoms with Gasteiger partial charge in [0.25, 0.3) is 0 Å². The second-order valence-electron chi connectivity index (χ2n) is 7.62. The fraction of sp³-hybridized carbons (Fsp3) is 0.526. The minimum Gasteiger partial charge on any atom is -0.480 e. The van der Waals surface area contributed by atoms with E-state index in [0.717, 1.165) is 5.69 Å². The molecule has 4 rings (SSSR count). The van der Waals surface area contributed by atoms with Gasteiger partial charge in [-0.1, -0.05) is 11.2 Å². The second-order valence-corrected chi connectivity index (χ2v) is 7.62. The summed E-state index contributed by atoms with van der Waals surface area (Å²) in [6.45, 7) is -0.393. The largest absolute Gasteiger partial charge is 0.480 e. The first-order chi connectivity index (χ1) is 15.4. The summed E-state index contributed by atoms with van der Waals surface area (Å²) in [4.78, 5) is 24.5. The number of carboxylic acids is 1. The molecule has 0 saturated carbocycles. The Hall–Kier alpha value is -3.29. The Balaban J connectivity index is 1.39. The number of carbonyl (C=O) groups is 2. The normalized spacial score (nSPS) is 24.2. The summed E-state index contributed by atoms with van der Waals surface area (Å²) in [6, 6.07) is 6.98. The molecule has 32 heavy (non-hydrogen) atoms. The van der Waals surface area contributed by atoms with Crippen LogP contribution in [0.25, 0.3) is 0 Å². The maximum absolute atomic E-state index is 12.0. The molecule has 0 unspecified atom stereocenters. The van der Waals surface area contributed by atoms with Crippen molar-refractivity contribution in [3.8, 4) is 11.8 Å². The molecule has 2 aromatic rings. The lowest BCUT2D eigenvalue weighted by molar-refractivity contribution is -0.143. The minimum absolute atomic E-state index is 0.202. The predicted octanol–water partition coefficient (Wildman–Crippen LogP) is -0.544. The molecule has 1 amide bonds. The van der Waals surface area contributed by atoms with Crippen molar-refractivity contribution >= 4 is 17.6 Å². The third kappa shape index (κ3) is 4.79. The van der Waals surface area contributed by atoms with Gasteiger partial charge in [0.15, 0.2) is 0 Å². The Labute approximate surface area is 183 Å². The van der Waals surface area contributed by atoms with Crippen LogP contribution in [-0.2, 0) is 23.8 Å². The molecule has 0 radical (unpaired) electrons. The van der Waals surface area contributed by atoms with Crippen LogP contribution < -0.4 is 15.0 Å². The number of carbonyl (C=O) groups excluding carboxylic acids is 1. The number of benzene rings is 1. The third-order valence-electron chi connectivity index (χ3n) is 5.15. The van der Waals surface area contributed by atoms with Crippen molar-refractivity contribution in [3.63, 3.8) is 0 Å².